The van der Waals surface area contributed by atoms with E-state index in [9.17, 15) is 14.0 Å². The van der Waals surface area contributed by atoms with Crippen molar-refractivity contribution in [2.45, 2.75) is 13.0 Å². The van der Waals surface area contributed by atoms with Gasteiger partial charge in [-0.3, -0.25) is 9.59 Å². The van der Waals surface area contributed by atoms with Gasteiger partial charge in [-0.05, 0) is 24.1 Å². The van der Waals surface area contributed by atoms with Gasteiger partial charge >= 0.3 is 5.97 Å². The third-order valence-electron chi connectivity index (χ3n) is 2.90. The summed E-state index contributed by atoms with van der Waals surface area (Å²) in [5.41, 5.74) is 0.669. The van der Waals surface area contributed by atoms with Crippen molar-refractivity contribution in [1.29, 1.82) is 0 Å². The fraction of sp³-hybridized carbons (Fsp3) is 0.333. The zero-order chi connectivity index (χ0) is 13.3. The number of carboxylic acids is 1. The lowest BCUT2D eigenvalue weighted by Gasteiger charge is -2.05. The van der Waals surface area contributed by atoms with Crippen LogP contribution in [0.5, 0.6) is 0 Å². The zero-order valence-electron chi connectivity index (χ0n) is 9.32. The highest BCUT2D eigenvalue weighted by Crippen LogP contribution is 2.38. The molecule has 1 amide bonds. The van der Waals surface area contributed by atoms with Crippen LogP contribution in [0.1, 0.15) is 12.0 Å². The number of carbonyl (C=O) groups excluding carboxylic acids is 1. The number of amides is 1. The Hall–Kier alpha value is -1.62. The molecule has 0 aliphatic heterocycles. The lowest BCUT2D eigenvalue weighted by Crippen LogP contribution is -2.25. The summed E-state index contributed by atoms with van der Waals surface area (Å²) < 4.78 is 12.9. The average Bonchev–Trinajstić information content (AvgIpc) is 3.10. The SMILES string of the molecule is O=C(NCc1ccc(F)c(Cl)c1)[C@H]1C[C@H]1C(=O)O. The van der Waals surface area contributed by atoms with E-state index in [1.807, 2.05) is 0 Å². The van der Waals surface area contributed by atoms with Crippen LogP contribution in [0.4, 0.5) is 4.39 Å². The van der Waals surface area contributed by atoms with Crippen molar-refractivity contribution in [1.82, 2.24) is 5.32 Å². The highest BCUT2D eigenvalue weighted by Gasteiger charge is 2.48. The van der Waals surface area contributed by atoms with Crippen LogP contribution in [0, 0.1) is 17.7 Å². The van der Waals surface area contributed by atoms with Crippen LogP contribution in [0.15, 0.2) is 18.2 Å². The van der Waals surface area contributed by atoms with Gasteiger partial charge in [-0.2, -0.15) is 0 Å². The highest BCUT2D eigenvalue weighted by atomic mass is 35.5. The molecule has 1 aliphatic rings. The third kappa shape index (κ3) is 2.79. The van der Waals surface area contributed by atoms with Crippen molar-refractivity contribution < 1.29 is 19.1 Å². The van der Waals surface area contributed by atoms with Gasteiger partial charge in [0.25, 0.3) is 0 Å². The summed E-state index contributed by atoms with van der Waals surface area (Å²) in [6, 6.07) is 4.17. The summed E-state index contributed by atoms with van der Waals surface area (Å²) in [6.07, 6.45) is 0.380. The Balaban J connectivity index is 1.87. The standard InChI is InChI=1S/C12H11ClFNO3/c13-9-3-6(1-2-10(9)14)5-15-11(16)7-4-8(7)12(17)18/h1-3,7-8H,4-5H2,(H,15,16)(H,17,18)/t7-,8+/m0/s1. The van der Waals surface area contributed by atoms with Gasteiger partial charge in [0.1, 0.15) is 5.82 Å². The van der Waals surface area contributed by atoms with Gasteiger partial charge in [0.05, 0.1) is 16.9 Å². The number of carbonyl (C=O) groups is 2. The van der Waals surface area contributed by atoms with E-state index in [4.69, 9.17) is 16.7 Å². The number of nitrogens with one attached hydrogen (secondary N) is 1. The molecule has 0 heterocycles. The van der Waals surface area contributed by atoms with E-state index in [2.05, 4.69) is 5.32 Å². The summed E-state index contributed by atoms with van der Waals surface area (Å²) in [5.74, 6) is -2.76. The maximum atomic E-state index is 12.9. The monoisotopic (exact) mass is 271 g/mol. The van der Waals surface area contributed by atoms with Crippen LogP contribution in [0.3, 0.4) is 0 Å². The fourth-order valence-corrected chi connectivity index (χ4v) is 1.93. The van der Waals surface area contributed by atoms with E-state index in [0.29, 0.717) is 12.0 Å². The van der Waals surface area contributed by atoms with Gasteiger partial charge in [-0.25, -0.2) is 4.39 Å². The normalized spacial score (nSPS) is 21.4. The van der Waals surface area contributed by atoms with Gasteiger partial charge in [0.2, 0.25) is 5.91 Å². The number of aliphatic carboxylic acids is 1. The Morgan fingerprint density at radius 1 is 1.44 bits per heavy atom. The average molecular weight is 272 g/mol. The fourth-order valence-electron chi connectivity index (χ4n) is 1.73. The Morgan fingerprint density at radius 3 is 2.72 bits per heavy atom. The summed E-state index contributed by atoms with van der Waals surface area (Å²) in [4.78, 5) is 22.2. The van der Waals surface area contributed by atoms with Crippen molar-refractivity contribution in [2.24, 2.45) is 11.8 Å². The van der Waals surface area contributed by atoms with Crippen LogP contribution in [-0.4, -0.2) is 17.0 Å². The molecule has 0 radical (unpaired) electrons. The van der Waals surface area contributed by atoms with Crippen LogP contribution < -0.4 is 5.32 Å². The summed E-state index contributed by atoms with van der Waals surface area (Å²) in [7, 11) is 0. The molecule has 1 aliphatic carbocycles. The molecule has 96 valence electrons. The van der Waals surface area contributed by atoms with Gasteiger partial charge in [0.15, 0.2) is 0 Å². The molecule has 0 bridgehead atoms. The van der Waals surface area contributed by atoms with Crippen molar-refractivity contribution in [3.63, 3.8) is 0 Å². The summed E-state index contributed by atoms with van der Waals surface area (Å²) in [5, 5.41) is 11.3. The minimum absolute atomic E-state index is 0.00316. The minimum Gasteiger partial charge on any atom is -0.481 e. The summed E-state index contributed by atoms with van der Waals surface area (Å²) >= 11 is 5.60. The number of carboxylic acid groups (broad SMARTS) is 1. The molecule has 1 saturated carbocycles. The second-order valence-corrected chi connectivity index (χ2v) is 4.66. The second kappa shape index (κ2) is 4.94. The molecule has 0 aromatic heterocycles. The Kier molecular flexibility index (Phi) is 3.52. The molecule has 6 heteroatoms. The van der Waals surface area contributed by atoms with Crippen molar-refractivity contribution >= 4 is 23.5 Å². The molecule has 0 unspecified atom stereocenters. The quantitative estimate of drug-likeness (QED) is 0.878. The topological polar surface area (TPSA) is 66.4 Å². The first-order valence-electron chi connectivity index (χ1n) is 5.43. The molecule has 0 saturated heterocycles. The van der Waals surface area contributed by atoms with E-state index in [0.717, 1.165) is 0 Å². The largest absolute Gasteiger partial charge is 0.481 e. The Labute approximate surface area is 108 Å². The van der Waals surface area contributed by atoms with Crippen LogP contribution >= 0.6 is 11.6 Å². The van der Waals surface area contributed by atoms with Crippen molar-refractivity contribution in [2.75, 3.05) is 0 Å². The van der Waals surface area contributed by atoms with E-state index >= 15 is 0 Å². The van der Waals surface area contributed by atoms with E-state index in [1.54, 1.807) is 0 Å². The molecule has 2 rings (SSSR count). The predicted octanol–water partition coefficient (Wildman–Crippen LogP) is 1.82. The van der Waals surface area contributed by atoms with E-state index in [-0.39, 0.29) is 17.5 Å². The molecular weight excluding hydrogens is 261 g/mol. The first kappa shape index (κ1) is 12.8. The number of rotatable bonds is 4. The third-order valence-corrected chi connectivity index (χ3v) is 3.18. The molecule has 1 fully saturated rings. The van der Waals surface area contributed by atoms with Gasteiger partial charge in [-0.15, -0.1) is 0 Å². The van der Waals surface area contributed by atoms with Gasteiger partial charge < -0.3 is 10.4 Å². The molecule has 4 nitrogen and oxygen atoms in total. The second-order valence-electron chi connectivity index (χ2n) is 4.25. The van der Waals surface area contributed by atoms with Crippen LogP contribution in [-0.2, 0) is 16.1 Å². The number of benzene rings is 1. The summed E-state index contributed by atoms with van der Waals surface area (Å²) in [6.45, 7) is 0.210. The van der Waals surface area contributed by atoms with Crippen LogP contribution in [0.2, 0.25) is 5.02 Å². The van der Waals surface area contributed by atoms with Crippen molar-refractivity contribution in [3.8, 4) is 0 Å². The Morgan fingerprint density at radius 2 is 2.17 bits per heavy atom. The van der Waals surface area contributed by atoms with Crippen molar-refractivity contribution in [3.05, 3.63) is 34.6 Å². The predicted molar refractivity (Wildman–Crippen MR) is 62.5 cm³/mol. The first-order valence-corrected chi connectivity index (χ1v) is 5.81. The lowest BCUT2D eigenvalue weighted by atomic mass is 10.2. The van der Waals surface area contributed by atoms with Crippen LogP contribution in [0.25, 0.3) is 0 Å². The van der Waals surface area contributed by atoms with E-state index < -0.39 is 23.6 Å². The minimum atomic E-state index is -0.944. The Bertz CT molecular complexity index is 506. The smallest absolute Gasteiger partial charge is 0.307 e. The zero-order valence-corrected chi connectivity index (χ0v) is 10.1. The molecule has 2 N–H and O–H groups in total. The maximum absolute atomic E-state index is 12.9. The molecule has 18 heavy (non-hydrogen) atoms. The number of hydrogen-bond acceptors (Lipinski definition) is 2. The number of hydrogen-bond donors (Lipinski definition) is 2. The van der Waals surface area contributed by atoms with Gasteiger partial charge in [-0.1, -0.05) is 17.7 Å². The lowest BCUT2D eigenvalue weighted by molar-refractivity contribution is -0.140. The molecule has 2 atom stereocenters. The van der Waals surface area contributed by atoms with Gasteiger partial charge in [0, 0.05) is 6.54 Å². The molecular formula is C12H11ClFNO3. The molecule has 1 aromatic rings. The highest BCUT2D eigenvalue weighted by molar-refractivity contribution is 6.30. The maximum Gasteiger partial charge on any atom is 0.307 e. The molecule has 0 spiro atoms. The molecule has 1 aromatic carbocycles. The van der Waals surface area contributed by atoms with E-state index in [1.165, 1.54) is 18.2 Å². The number of halogens is 2. The first-order chi connectivity index (χ1) is 8.49.